The number of sulfonamides is 2. The molecular weight excluding hydrogens is 486 g/mol. The van der Waals surface area contributed by atoms with Crippen molar-refractivity contribution >= 4 is 26.0 Å². The summed E-state index contributed by atoms with van der Waals surface area (Å²) in [4.78, 5) is 12.3. The molecule has 0 fully saturated rings. The van der Waals surface area contributed by atoms with Crippen molar-refractivity contribution in [1.29, 1.82) is 0 Å². The minimum atomic E-state index is -3.93. The highest BCUT2D eigenvalue weighted by molar-refractivity contribution is 7.89. The Bertz CT molecular complexity index is 1200. The number of methoxy groups -OCH3 is 2. The number of benzene rings is 2. The zero-order valence-electron chi connectivity index (χ0n) is 19.6. The van der Waals surface area contributed by atoms with Gasteiger partial charge in [-0.1, -0.05) is 0 Å². The number of nitrogens with one attached hydrogen (secondary N) is 1. The number of rotatable bonds is 12. The van der Waals surface area contributed by atoms with Gasteiger partial charge in [-0.3, -0.25) is 4.79 Å². The third-order valence-electron chi connectivity index (χ3n) is 4.72. The summed E-state index contributed by atoms with van der Waals surface area (Å²) in [6.07, 6.45) is 0. The minimum Gasteiger partial charge on any atom is -0.493 e. The van der Waals surface area contributed by atoms with Gasteiger partial charge in [-0.05, 0) is 36.4 Å². The van der Waals surface area contributed by atoms with Crippen molar-refractivity contribution in [2.75, 3.05) is 55.1 Å². The predicted molar refractivity (Wildman–Crippen MR) is 125 cm³/mol. The van der Waals surface area contributed by atoms with Gasteiger partial charge in [0.2, 0.25) is 26.0 Å². The van der Waals surface area contributed by atoms with Gasteiger partial charge in [0.05, 0.1) is 37.1 Å². The van der Waals surface area contributed by atoms with Crippen LogP contribution in [-0.4, -0.2) is 86.4 Å². The molecular formula is C21H29N3O8S2. The summed E-state index contributed by atoms with van der Waals surface area (Å²) in [6.45, 7) is -0.160. The summed E-state index contributed by atoms with van der Waals surface area (Å²) >= 11 is 0. The monoisotopic (exact) mass is 515 g/mol. The number of carbonyl (C=O) groups is 1. The standard InChI is InChI=1S/C21H29N3O8S2/c1-23(2)33(26,27)17-8-6-16(7-9-17)32-13-12-22-21(25)15-24(3)34(28,29)18-10-11-19(30-4)20(14-18)31-5/h6-11,14H,12-13,15H2,1-5H3,(H,22,25). The average molecular weight is 516 g/mol. The first-order chi connectivity index (χ1) is 15.9. The Morgan fingerprint density at radius 2 is 1.44 bits per heavy atom. The van der Waals surface area contributed by atoms with Crippen molar-refractivity contribution in [2.24, 2.45) is 0 Å². The van der Waals surface area contributed by atoms with E-state index < -0.39 is 32.5 Å². The number of ether oxygens (including phenoxy) is 3. The van der Waals surface area contributed by atoms with Gasteiger partial charge in [-0.2, -0.15) is 4.31 Å². The molecule has 0 aliphatic heterocycles. The van der Waals surface area contributed by atoms with E-state index in [0.717, 1.165) is 8.61 Å². The number of likely N-dealkylation sites (N-methyl/N-ethyl adjacent to an activating group) is 1. The van der Waals surface area contributed by atoms with E-state index in [0.29, 0.717) is 11.5 Å². The first kappa shape index (κ1) is 27.4. The highest BCUT2D eigenvalue weighted by atomic mass is 32.2. The number of hydrogen-bond acceptors (Lipinski definition) is 8. The molecule has 0 spiro atoms. The molecule has 0 aromatic heterocycles. The molecule has 0 unspecified atom stereocenters. The molecule has 34 heavy (non-hydrogen) atoms. The van der Waals surface area contributed by atoms with Crippen molar-refractivity contribution < 1.29 is 35.8 Å². The van der Waals surface area contributed by atoms with Crippen LogP contribution in [0.2, 0.25) is 0 Å². The van der Waals surface area contributed by atoms with Crippen LogP contribution in [0.4, 0.5) is 0 Å². The van der Waals surface area contributed by atoms with E-state index >= 15 is 0 Å². The Kier molecular flexibility index (Phi) is 9.27. The maximum Gasteiger partial charge on any atom is 0.243 e. The lowest BCUT2D eigenvalue weighted by molar-refractivity contribution is -0.121. The fourth-order valence-corrected chi connectivity index (χ4v) is 4.82. The van der Waals surface area contributed by atoms with Crippen molar-refractivity contribution in [2.45, 2.75) is 9.79 Å². The average Bonchev–Trinajstić information content (AvgIpc) is 2.81. The Balaban J connectivity index is 1.87. The topological polar surface area (TPSA) is 132 Å². The van der Waals surface area contributed by atoms with Crippen LogP contribution in [0.3, 0.4) is 0 Å². The Hall–Kier alpha value is -2.87. The molecule has 0 saturated heterocycles. The first-order valence-electron chi connectivity index (χ1n) is 10.0. The van der Waals surface area contributed by atoms with Crippen LogP contribution in [0, 0.1) is 0 Å². The lowest BCUT2D eigenvalue weighted by Gasteiger charge is -2.18. The van der Waals surface area contributed by atoms with Gasteiger partial charge in [0.1, 0.15) is 12.4 Å². The third-order valence-corrected chi connectivity index (χ3v) is 8.35. The van der Waals surface area contributed by atoms with Crippen molar-refractivity contribution in [1.82, 2.24) is 13.9 Å². The maximum absolute atomic E-state index is 12.8. The quantitative estimate of drug-likeness (QED) is 0.410. The van der Waals surface area contributed by atoms with E-state index in [4.69, 9.17) is 14.2 Å². The third kappa shape index (κ3) is 6.59. The van der Waals surface area contributed by atoms with E-state index in [1.807, 2.05) is 0 Å². The SMILES string of the molecule is COc1ccc(S(=O)(=O)N(C)CC(=O)NCCOc2ccc(S(=O)(=O)N(C)C)cc2)cc1OC. The number of amides is 1. The van der Waals surface area contributed by atoms with Crippen LogP contribution >= 0.6 is 0 Å². The number of nitrogens with zero attached hydrogens (tertiary/aromatic N) is 2. The number of hydrogen-bond donors (Lipinski definition) is 1. The van der Waals surface area contributed by atoms with Gasteiger partial charge in [0.15, 0.2) is 11.5 Å². The second-order valence-electron chi connectivity index (χ2n) is 7.24. The summed E-state index contributed by atoms with van der Waals surface area (Å²) in [5, 5.41) is 2.58. The predicted octanol–water partition coefficient (Wildman–Crippen LogP) is 0.770. The largest absolute Gasteiger partial charge is 0.493 e. The lowest BCUT2D eigenvalue weighted by atomic mass is 10.3. The van der Waals surface area contributed by atoms with E-state index in [9.17, 15) is 21.6 Å². The molecule has 2 aromatic rings. The maximum atomic E-state index is 12.8. The van der Waals surface area contributed by atoms with Crippen LogP contribution in [0.15, 0.2) is 52.3 Å². The van der Waals surface area contributed by atoms with Gasteiger partial charge in [0.25, 0.3) is 0 Å². The fourth-order valence-electron chi connectivity index (χ4n) is 2.78. The van der Waals surface area contributed by atoms with Crippen LogP contribution in [-0.2, 0) is 24.8 Å². The molecule has 188 valence electrons. The molecule has 1 N–H and O–H groups in total. The van der Waals surface area contributed by atoms with Gasteiger partial charge in [0, 0.05) is 27.2 Å². The fraction of sp³-hybridized carbons (Fsp3) is 0.381. The minimum absolute atomic E-state index is 0.0384. The summed E-state index contributed by atoms with van der Waals surface area (Å²) in [5.74, 6) is 0.560. The van der Waals surface area contributed by atoms with Crippen LogP contribution in [0.25, 0.3) is 0 Å². The van der Waals surface area contributed by atoms with Gasteiger partial charge >= 0.3 is 0 Å². The van der Waals surface area contributed by atoms with Crippen LogP contribution in [0.1, 0.15) is 0 Å². The molecule has 13 heteroatoms. The van der Waals surface area contributed by atoms with Crippen molar-refractivity contribution in [3.05, 3.63) is 42.5 Å². The van der Waals surface area contributed by atoms with E-state index in [2.05, 4.69) is 5.32 Å². The second-order valence-corrected chi connectivity index (χ2v) is 11.4. The van der Waals surface area contributed by atoms with Crippen molar-refractivity contribution in [3.8, 4) is 17.2 Å². The van der Waals surface area contributed by atoms with Gasteiger partial charge in [-0.25, -0.2) is 21.1 Å². The zero-order valence-corrected chi connectivity index (χ0v) is 21.3. The normalized spacial score (nSPS) is 12.0. The van der Waals surface area contributed by atoms with Gasteiger partial charge < -0.3 is 19.5 Å². The summed E-state index contributed by atoms with van der Waals surface area (Å²) in [7, 11) is -0.440. The number of carbonyl (C=O) groups excluding carboxylic acids is 1. The molecule has 0 atom stereocenters. The Morgan fingerprint density at radius 1 is 0.853 bits per heavy atom. The lowest BCUT2D eigenvalue weighted by Crippen LogP contribution is -2.39. The van der Waals surface area contributed by atoms with E-state index in [-0.39, 0.29) is 28.7 Å². The zero-order chi connectivity index (χ0) is 25.5. The van der Waals surface area contributed by atoms with E-state index in [1.165, 1.54) is 77.8 Å². The molecule has 0 saturated carbocycles. The highest BCUT2D eigenvalue weighted by Crippen LogP contribution is 2.30. The molecule has 0 aliphatic carbocycles. The molecule has 0 heterocycles. The second kappa shape index (κ2) is 11.5. The molecule has 0 radical (unpaired) electrons. The molecule has 0 aliphatic rings. The molecule has 11 nitrogen and oxygen atoms in total. The Morgan fingerprint density at radius 3 is 2.00 bits per heavy atom. The molecule has 2 rings (SSSR count). The molecule has 2 aromatic carbocycles. The highest BCUT2D eigenvalue weighted by Gasteiger charge is 2.24. The van der Waals surface area contributed by atoms with Gasteiger partial charge in [-0.15, -0.1) is 0 Å². The molecule has 0 bridgehead atoms. The summed E-state index contributed by atoms with van der Waals surface area (Å²) in [6, 6.07) is 10.1. The van der Waals surface area contributed by atoms with Crippen LogP contribution < -0.4 is 19.5 Å². The first-order valence-corrected chi connectivity index (χ1v) is 12.9. The summed E-state index contributed by atoms with van der Waals surface area (Å²) in [5.41, 5.74) is 0. The van der Waals surface area contributed by atoms with Crippen molar-refractivity contribution in [3.63, 3.8) is 0 Å². The Labute approximate surface area is 200 Å². The molecule has 1 amide bonds. The van der Waals surface area contributed by atoms with E-state index in [1.54, 1.807) is 0 Å². The smallest absolute Gasteiger partial charge is 0.243 e. The van der Waals surface area contributed by atoms with Crippen LogP contribution in [0.5, 0.6) is 17.2 Å². The summed E-state index contributed by atoms with van der Waals surface area (Å²) < 4.78 is 67.4.